The molecule has 1 aromatic rings. The van der Waals surface area contributed by atoms with Crippen LogP contribution in [0.25, 0.3) is 0 Å². The standard InChI is InChI=1S/C11H15FN2/c12-11-6-5-10(8-14-11)13-7-9-3-1-2-4-9/h5-6,8-9,13H,1-4,7H2. The van der Waals surface area contributed by atoms with Crippen molar-refractivity contribution in [2.24, 2.45) is 5.92 Å². The maximum Gasteiger partial charge on any atom is 0.212 e. The van der Waals surface area contributed by atoms with E-state index in [9.17, 15) is 4.39 Å². The summed E-state index contributed by atoms with van der Waals surface area (Å²) in [6.07, 6.45) is 6.90. The molecule has 0 aromatic carbocycles. The molecular formula is C11H15FN2. The van der Waals surface area contributed by atoms with Crippen molar-refractivity contribution in [3.63, 3.8) is 0 Å². The molecule has 2 nitrogen and oxygen atoms in total. The van der Waals surface area contributed by atoms with Crippen molar-refractivity contribution in [1.82, 2.24) is 4.98 Å². The molecule has 2 rings (SSSR count). The van der Waals surface area contributed by atoms with Crippen LogP contribution in [0.2, 0.25) is 0 Å². The van der Waals surface area contributed by atoms with Crippen molar-refractivity contribution in [2.45, 2.75) is 25.7 Å². The van der Waals surface area contributed by atoms with Gasteiger partial charge in [-0.05, 0) is 30.9 Å². The van der Waals surface area contributed by atoms with Gasteiger partial charge in [-0.15, -0.1) is 0 Å². The Morgan fingerprint density at radius 3 is 2.79 bits per heavy atom. The SMILES string of the molecule is Fc1ccc(NCC2CCCC2)cn1. The summed E-state index contributed by atoms with van der Waals surface area (Å²) in [6, 6.07) is 3.12. The van der Waals surface area contributed by atoms with E-state index < -0.39 is 5.95 Å². The van der Waals surface area contributed by atoms with E-state index in [0.717, 1.165) is 18.2 Å². The minimum Gasteiger partial charge on any atom is -0.384 e. The molecule has 0 radical (unpaired) electrons. The van der Waals surface area contributed by atoms with E-state index in [-0.39, 0.29) is 0 Å². The molecule has 0 atom stereocenters. The summed E-state index contributed by atoms with van der Waals surface area (Å²) in [5.41, 5.74) is 0.915. The molecule has 14 heavy (non-hydrogen) atoms. The van der Waals surface area contributed by atoms with Gasteiger partial charge in [-0.1, -0.05) is 12.8 Å². The first-order valence-electron chi connectivity index (χ1n) is 5.20. The summed E-state index contributed by atoms with van der Waals surface area (Å²) in [7, 11) is 0. The van der Waals surface area contributed by atoms with Gasteiger partial charge in [0, 0.05) is 6.54 Å². The average molecular weight is 194 g/mol. The van der Waals surface area contributed by atoms with Crippen molar-refractivity contribution in [3.05, 3.63) is 24.3 Å². The molecule has 0 amide bonds. The number of aromatic nitrogens is 1. The minimum absolute atomic E-state index is 0.420. The second-order valence-corrected chi connectivity index (χ2v) is 3.90. The van der Waals surface area contributed by atoms with Crippen LogP contribution >= 0.6 is 0 Å². The van der Waals surface area contributed by atoms with Crippen LogP contribution in [-0.4, -0.2) is 11.5 Å². The molecule has 1 aliphatic carbocycles. The second-order valence-electron chi connectivity index (χ2n) is 3.90. The third kappa shape index (κ3) is 2.44. The summed E-state index contributed by atoms with van der Waals surface area (Å²) >= 11 is 0. The van der Waals surface area contributed by atoms with Crippen molar-refractivity contribution >= 4 is 5.69 Å². The molecule has 0 aliphatic heterocycles. The first-order valence-corrected chi connectivity index (χ1v) is 5.20. The van der Waals surface area contributed by atoms with Crippen LogP contribution in [0, 0.1) is 11.9 Å². The summed E-state index contributed by atoms with van der Waals surface area (Å²) in [5.74, 6) is 0.372. The van der Waals surface area contributed by atoms with Crippen molar-refractivity contribution in [2.75, 3.05) is 11.9 Å². The fourth-order valence-electron chi connectivity index (χ4n) is 1.96. The molecule has 1 aliphatic rings. The van der Waals surface area contributed by atoms with Gasteiger partial charge in [-0.25, -0.2) is 4.98 Å². The highest BCUT2D eigenvalue weighted by atomic mass is 19.1. The van der Waals surface area contributed by atoms with E-state index in [1.165, 1.54) is 31.7 Å². The number of hydrogen-bond acceptors (Lipinski definition) is 2. The first-order chi connectivity index (χ1) is 6.84. The van der Waals surface area contributed by atoms with E-state index in [1.54, 1.807) is 12.3 Å². The molecule has 0 saturated heterocycles. The van der Waals surface area contributed by atoms with Gasteiger partial charge in [0.15, 0.2) is 0 Å². The number of pyridine rings is 1. The highest BCUT2D eigenvalue weighted by molar-refractivity contribution is 5.39. The van der Waals surface area contributed by atoms with Gasteiger partial charge in [0.2, 0.25) is 5.95 Å². The zero-order valence-corrected chi connectivity index (χ0v) is 8.17. The number of halogens is 1. The van der Waals surface area contributed by atoms with Crippen molar-refractivity contribution < 1.29 is 4.39 Å². The van der Waals surface area contributed by atoms with Crippen LogP contribution in [0.4, 0.5) is 10.1 Å². The first kappa shape index (κ1) is 9.44. The predicted molar refractivity (Wildman–Crippen MR) is 54.6 cm³/mol. The molecule has 1 heterocycles. The van der Waals surface area contributed by atoms with E-state index >= 15 is 0 Å². The maximum atomic E-state index is 12.5. The number of nitrogens with zero attached hydrogens (tertiary/aromatic N) is 1. The van der Waals surface area contributed by atoms with E-state index in [1.807, 2.05) is 0 Å². The lowest BCUT2D eigenvalue weighted by atomic mass is 10.1. The number of anilines is 1. The topological polar surface area (TPSA) is 24.9 Å². The molecule has 3 heteroatoms. The molecule has 1 N–H and O–H groups in total. The monoisotopic (exact) mass is 194 g/mol. The Balaban J connectivity index is 1.82. The molecule has 1 aromatic heterocycles. The smallest absolute Gasteiger partial charge is 0.212 e. The molecule has 0 spiro atoms. The Morgan fingerprint density at radius 2 is 2.14 bits per heavy atom. The summed E-state index contributed by atoms with van der Waals surface area (Å²) < 4.78 is 12.5. The Morgan fingerprint density at radius 1 is 1.36 bits per heavy atom. The third-order valence-corrected chi connectivity index (χ3v) is 2.80. The van der Waals surface area contributed by atoms with Crippen LogP contribution in [-0.2, 0) is 0 Å². The zero-order chi connectivity index (χ0) is 9.80. The van der Waals surface area contributed by atoms with Gasteiger partial charge in [-0.3, -0.25) is 0 Å². The number of hydrogen-bond donors (Lipinski definition) is 1. The molecule has 1 fully saturated rings. The summed E-state index contributed by atoms with van der Waals surface area (Å²) in [4.78, 5) is 3.60. The lowest BCUT2D eigenvalue weighted by molar-refractivity contribution is 0.575. The molecule has 0 unspecified atom stereocenters. The zero-order valence-electron chi connectivity index (χ0n) is 8.17. The largest absolute Gasteiger partial charge is 0.384 e. The second kappa shape index (κ2) is 4.40. The van der Waals surface area contributed by atoms with Gasteiger partial charge >= 0.3 is 0 Å². The Bertz CT molecular complexity index is 278. The lowest BCUT2D eigenvalue weighted by Crippen LogP contribution is -2.10. The van der Waals surface area contributed by atoms with Crippen LogP contribution in [0.1, 0.15) is 25.7 Å². The normalized spacial score (nSPS) is 17.2. The van der Waals surface area contributed by atoms with Crippen molar-refractivity contribution in [1.29, 1.82) is 0 Å². The maximum absolute atomic E-state index is 12.5. The number of nitrogens with one attached hydrogen (secondary N) is 1. The van der Waals surface area contributed by atoms with Gasteiger partial charge in [0.05, 0.1) is 11.9 Å². The lowest BCUT2D eigenvalue weighted by Gasteiger charge is -2.10. The molecular weight excluding hydrogens is 179 g/mol. The minimum atomic E-state index is -0.420. The quantitative estimate of drug-likeness (QED) is 0.748. The van der Waals surface area contributed by atoms with Gasteiger partial charge in [0.25, 0.3) is 0 Å². The van der Waals surface area contributed by atoms with E-state index in [0.29, 0.717) is 0 Å². The van der Waals surface area contributed by atoms with Crippen molar-refractivity contribution in [3.8, 4) is 0 Å². The summed E-state index contributed by atoms with van der Waals surface area (Å²) in [5, 5.41) is 3.28. The Kier molecular flexibility index (Phi) is 2.96. The Labute approximate surface area is 83.6 Å². The van der Waals surface area contributed by atoms with Gasteiger partial charge in [-0.2, -0.15) is 4.39 Å². The van der Waals surface area contributed by atoms with Gasteiger partial charge in [0.1, 0.15) is 0 Å². The van der Waals surface area contributed by atoms with E-state index in [2.05, 4.69) is 10.3 Å². The van der Waals surface area contributed by atoms with E-state index in [4.69, 9.17) is 0 Å². The van der Waals surface area contributed by atoms with Crippen LogP contribution < -0.4 is 5.32 Å². The van der Waals surface area contributed by atoms with Crippen LogP contribution in [0.3, 0.4) is 0 Å². The van der Waals surface area contributed by atoms with Crippen LogP contribution in [0.15, 0.2) is 18.3 Å². The summed E-state index contributed by atoms with van der Waals surface area (Å²) in [6.45, 7) is 0.993. The highest BCUT2D eigenvalue weighted by Gasteiger charge is 2.14. The fraction of sp³-hybridized carbons (Fsp3) is 0.545. The molecule has 76 valence electrons. The van der Waals surface area contributed by atoms with Gasteiger partial charge < -0.3 is 5.32 Å². The fourth-order valence-corrected chi connectivity index (χ4v) is 1.96. The Hall–Kier alpha value is -1.12. The number of rotatable bonds is 3. The van der Waals surface area contributed by atoms with Crippen LogP contribution in [0.5, 0.6) is 0 Å². The third-order valence-electron chi connectivity index (χ3n) is 2.80. The average Bonchev–Trinajstić information content (AvgIpc) is 2.70. The molecule has 0 bridgehead atoms. The molecule has 1 saturated carbocycles. The predicted octanol–water partition coefficient (Wildman–Crippen LogP) is 2.82. The highest BCUT2D eigenvalue weighted by Crippen LogP contribution is 2.24.